The van der Waals surface area contributed by atoms with E-state index >= 15 is 0 Å². The Kier molecular flexibility index (Phi) is 8.21. The molecule has 0 radical (unpaired) electrons. The molecule has 0 N–H and O–H groups in total. The molecule has 190 valence electrons. The lowest BCUT2D eigenvalue weighted by atomic mass is 10.1. The first-order valence-corrected chi connectivity index (χ1v) is 13.7. The molecule has 7 nitrogen and oxygen atoms in total. The van der Waals surface area contributed by atoms with Gasteiger partial charge in [-0.15, -0.1) is 0 Å². The van der Waals surface area contributed by atoms with E-state index in [4.69, 9.17) is 16.3 Å². The average Bonchev–Trinajstić information content (AvgIpc) is 2.88. The van der Waals surface area contributed by atoms with Crippen LogP contribution in [0.5, 0.6) is 5.75 Å². The van der Waals surface area contributed by atoms with Crippen molar-refractivity contribution >= 4 is 33.0 Å². The average molecular weight is 536 g/mol. The van der Waals surface area contributed by atoms with E-state index in [1.54, 1.807) is 42.5 Å². The molecule has 0 saturated carbocycles. The highest BCUT2D eigenvalue weighted by Gasteiger charge is 2.27. The molecule has 0 atom stereocenters. The van der Waals surface area contributed by atoms with E-state index in [1.165, 1.54) is 4.90 Å². The largest absolute Gasteiger partial charge is 0.494 e. The molecule has 0 spiro atoms. The van der Waals surface area contributed by atoms with Crippen LogP contribution in [0.1, 0.15) is 34.1 Å². The number of carbonyl (C=O) groups excluding carboxylic acids is 1. The molecule has 9 heteroatoms. The summed E-state index contributed by atoms with van der Waals surface area (Å²) in [5.41, 5.74) is 2.81. The second-order valence-electron chi connectivity index (χ2n) is 8.40. The Morgan fingerprint density at radius 1 is 0.973 bits per heavy atom. The van der Waals surface area contributed by atoms with Gasteiger partial charge in [0, 0.05) is 5.69 Å². The van der Waals surface area contributed by atoms with E-state index < -0.39 is 20.9 Å². The molecule has 4 rings (SSSR count). The van der Waals surface area contributed by atoms with E-state index in [9.17, 15) is 13.2 Å². The molecule has 0 aliphatic heterocycles. The highest BCUT2D eigenvalue weighted by Crippen LogP contribution is 2.26. The predicted molar refractivity (Wildman–Crippen MR) is 144 cm³/mol. The van der Waals surface area contributed by atoms with Gasteiger partial charge in [-0.05, 0) is 49.2 Å². The SMILES string of the molecule is CCOc1ccc(N(Cc2ccccc2)C(=O)c2nc(S(=O)(=O)Cc3cccc(C)c3)ncc2Cl)cc1. The van der Waals surface area contributed by atoms with Crippen LogP contribution in [0.2, 0.25) is 5.02 Å². The third-order valence-corrected chi connectivity index (χ3v) is 7.27. The van der Waals surface area contributed by atoms with Crippen LogP contribution >= 0.6 is 11.6 Å². The Morgan fingerprint density at radius 2 is 1.68 bits per heavy atom. The molecule has 1 aromatic heterocycles. The molecule has 0 fully saturated rings. The third kappa shape index (κ3) is 6.53. The fourth-order valence-electron chi connectivity index (χ4n) is 3.80. The van der Waals surface area contributed by atoms with Gasteiger partial charge in [0.2, 0.25) is 15.0 Å². The summed E-state index contributed by atoms with van der Waals surface area (Å²) >= 11 is 6.34. The van der Waals surface area contributed by atoms with Gasteiger partial charge in [0.05, 0.1) is 30.1 Å². The third-order valence-electron chi connectivity index (χ3n) is 5.53. The molecule has 37 heavy (non-hydrogen) atoms. The lowest BCUT2D eigenvalue weighted by Crippen LogP contribution is -2.32. The number of carbonyl (C=O) groups is 1. The number of nitrogens with zero attached hydrogens (tertiary/aromatic N) is 3. The number of sulfone groups is 1. The molecule has 0 unspecified atom stereocenters. The monoisotopic (exact) mass is 535 g/mol. The predicted octanol–water partition coefficient (Wildman–Crippen LogP) is 5.66. The Morgan fingerprint density at radius 3 is 2.35 bits per heavy atom. The fraction of sp³-hybridized carbons (Fsp3) is 0.179. The number of anilines is 1. The van der Waals surface area contributed by atoms with Crippen molar-refractivity contribution in [3.8, 4) is 5.75 Å². The van der Waals surface area contributed by atoms with E-state index in [1.807, 2.05) is 50.2 Å². The molecule has 1 amide bonds. The minimum Gasteiger partial charge on any atom is -0.494 e. The summed E-state index contributed by atoms with van der Waals surface area (Å²) in [7, 11) is -3.93. The van der Waals surface area contributed by atoms with Crippen molar-refractivity contribution in [2.75, 3.05) is 11.5 Å². The van der Waals surface area contributed by atoms with E-state index in [-0.39, 0.29) is 23.0 Å². The van der Waals surface area contributed by atoms with E-state index in [0.717, 1.165) is 17.3 Å². The van der Waals surface area contributed by atoms with Crippen LogP contribution in [0.4, 0.5) is 5.69 Å². The maximum Gasteiger partial charge on any atom is 0.278 e. The van der Waals surface area contributed by atoms with Gasteiger partial charge in [-0.25, -0.2) is 18.4 Å². The topological polar surface area (TPSA) is 89.5 Å². The summed E-state index contributed by atoms with van der Waals surface area (Å²) in [5, 5.41) is -0.489. The number of aryl methyl sites for hydroxylation is 1. The second kappa shape index (κ2) is 11.5. The minimum atomic E-state index is -3.93. The van der Waals surface area contributed by atoms with Crippen LogP contribution in [-0.2, 0) is 22.1 Å². The Hall–Kier alpha value is -3.75. The highest BCUT2D eigenvalue weighted by molar-refractivity contribution is 7.90. The van der Waals surface area contributed by atoms with Crippen LogP contribution in [0, 0.1) is 6.92 Å². The number of aromatic nitrogens is 2. The lowest BCUT2D eigenvalue weighted by molar-refractivity contribution is 0.0979. The molecule has 1 heterocycles. The number of hydrogen-bond acceptors (Lipinski definition) is 6. The number of rotatable bonds is 9. The first-order valence-electron chi connectivity index (χ1n) is 11.7. The fourth-order valence-corrected chi connectivity index (χ4v) is 5.16. The zero-order chi connectivity index (χ0) is 26.4. The summed E-state index contributed by atoms with van der Waals surface area (Å²) in [6.45, 7) is 4.51. The first-order chi connectivity index (χ1) is 17.8. The minimum absolute atomic E-state index is 0.0384. The summed E-state index contributed by atoms with van der Waals surface area (Å²) in [4.78, 5) is 23.4. The molecule has 0 aliphatic carbocycles. The van der Waals surface area contributed by atoms with Gasteiger partial charge in [-0.1, -0.05) is 71.8 Å². The Bertz CT molecular complexity index is 1490. The number of benzene rings is 3. The van der Waals surface area contributed by atoms with Crippen LogP contribution in [0.25, 0.3) is 0 Å². The molecular formula is C28H26ClN3O4S. The zero-order valence-corrected chi connectivity index (χ0v) is 22.0. The molecule has 0 saturated heterocycles. The summed E-state index contributed by atoms with van der Waals surface area (Å²) in [6.07, 6.45) is 1.16. The van der Waals surface area contributed by atoms with Gasteiger partial charge < -0.3 is 9.64 Å². The van der Waals surface area contributed by atoms with Gasteiger partial charge in [0.1, 0.15) is 5.75 Å². The van der Waals surface area contributed by atoms with Crippen molar-refractivity contribution in [3.05, 3.63) is 112 Å². The molecule has 0 bridgehead atoms. The van der Waals surface area contributed by atoms with Gasteiger partial charge in [-0.3, -0.25) is 4.79 Å². The van der Waals surface area contributed by atoms with Crippen LogP contribution in [0.3, 0.4) is 0 Å². The smallest absolute Gasteiger partial charge is 0.278 e. The van der Waals surface area contributed by atoms with Gasteiger partial charge in [0.25, 0.3) is 5.91 Å². The zero-order valence-electron chi connectivity index (χ0n) is 20.5. The van der Waals surface area contributed by atoms with Gasteiger partial charge in [0.15, 0.2) is 5.69 Å². The van der Waals surface area contributed by atoms with Crippen LogP contribution < -0.4 is 9.64 Å². The van der Waals surface area contributed by atoms with Crippen molar-refractivity contribution in [1.82, 2.24) is 9.97 Å². The maximum absolute atomic E-state index is 13.8. The van der Waals surface area contributed by atoms with Crippen molar-refractivity contribution in [2.24, 2.45) is 0 Å². The summed E-state index contributed by atoms with van der Waals surface area (Å²) in [5.74, 6) is -0.174. The second-order valence-corrected chi connectivity index (χ2v) is 10.7. The Labute approximate surface area is 221 Å². The van der Waals surface area contributed by atoms with Crippen LogP contribution in [-0.4, -0.2) is 30.9 Å². The van der Waals surface area contributed by atoms with Gasteiger partial charge >= 0.3 is 0 Å². The standard InChI is InChI=1S/C28H26ClN3O4S/c1-3-36-24-14-12-23(13-15-24)32(18-21-9-5-4-6-10-21)27(33)26-25(29)17-30-28(31-26)37(34,35)19-22-11-7-8-20(2)16-22/h4-17H,3,18-19H2,1-2H3. The number of halogens is 1. The van der Waals surface area contributed by atoms with E-state index in [0.29, 0.717) is 23.6 Å². The summed E-state index contributed by atoms with van der Waals surface area (Å²) < 4.78 is 31.8. The molecule has 4 aromatic rings. The Balaban J connectivity index is 1.70. The number of hydrogen-bond donors (Lipinski definition) is 0. The molecule has 3 aromatic carbocycles. The maximum atomic E-state index is 13.8. The summed E-state index contributed by atoms with van der Waals surface area (Å²) in [6, 6.07) is 23.7. The molecular weight excluding hydrogens is 510 g/mol. The van der Waals surface area contributed by atoms with Crippen molar-refractivity contribution in [1.29, 1.82) is 0 Å². The first kappa shape index (κ1) is 26.3. The van der Waals surface area contributed by atoms with Gasteiger partial charge in [-0.2, -0.15) is 0 Å². The lowest BCUT2D eigenvalue weighted by Gasteiger charge is -2.23. The van der Waals surface area contributed by atoms with Crippen molar-refractivity contribution < 1.29 is 17.9 Å². The molecule has 0 aliphatic rings. The van der Waals surface area contributed by atoms with Crippen LogP contribution in [0.15, 0.2) is 90.2 Å². The van der Waals surface area contributed by atoms with Crippen molar-refractivity contribution in [3.63, 3.8) is 0 Å². The van der Waals surface area contributed by atoms with E-state index in [2.05, 4.69) is 9.97 Å². The quantitative estimate of drug-likeness (QED) is 0.257. The normalized spacial score (nSPS) is 11.2. The van der Waals surface area contributed by atoms with Crippen molar-refractivity contribution in [2.45, 2.75) is 31.3 Å². The highest BCUT2D eigenvalue weighted by atomic mass is 35.5. The number of ether oxygens (including phenoxy) is 1. The number of amides is 1.